The molecule has 1 fully saturated rings. The van der Waals surface area contributed by atoms with E-state index in [2.05, 4.69) is 6.58 Å². The van der Waals surface area contributed by atoms with E-state index < -0.39 is 5.60 Å². The highest BCUT2D eigenvalue weighted by atomic mass is 16.6. The van der Waals surface area contributed by atoms with Crippen LogP contribution in [0.2, 0.25) is 0 Å². The van der Waals surface area contributed by atoms with Gasteiger partial charge in [0.25, 0.3) is 0 Å². The van der Waals surface area contributed by atoms with Gasteiger partial charge in [0.1, 0.15) is 11.4 Å². The Balaban J connectivity index is 2.51. The summed E-state index contributed by atoms with van der Waals surface area (Å²) in [5, 5.41) is 0. The lowest BCUT2D eigenvalue weighted by Gasteiger charge is -2.33. The SMILES string of the molecule is C=CCCCC1CN(C(=O)OC(C)(C)C)CCC1=O. The number of ketones is 1. The molecule has 1 rings (SSSR count). The predicted octanol–water partition coefficient (Wildman–Crippen LogP) is 3.17. The molecule has 0 saturated carbocycles. The van der Waals surface area contributed by atoms with Gasteiger partial charge in [-0.15, -0.1) is 6.58 Å². The van der Waals surface area contributed by atoms with Gasteiger partial charge in [-0.05, 0) is 40.0 Å². The third kappa shape index (κ3) is 5.45. The van der Waals surface area contributed by atoms with Gasteiger partial charge in [-0.2, -0.15) is 0 Å². The third-order valence-corrected chi connectivity index (χ3v) is 3.14. The van der Waals surface area contributed by atoms with Crippen LogP contribution in [0.3, 0.4) is 0 Å². The summed E-state index contributed by atoms with van der Waals surface area (Å²) in [4.78, 5) is 25.5. The third-order valence-electron chi connectivity index (χ3n) is 3.14. The Morgan fingerprint density at radius 1 is 1.53 bits per heavy atom. The molecule has 4 nitrogen and oxygen atoms in total. The highest BCUT2D eigenvalue weighted by molar-refractivity contribution is 5.84. The average molecular weight is 267 g/mol. The monoisotopic (exact) mass is 267 g/mol. The van der Waals surface area contributed by atoms with Gasteiger partial charge in [0.2, 0.25) is 0 Å². The molecule has 19 heavy (non-hydrogen) atoms. The first-order valence-corrected chi connectivity index (χ1v) is 6.95. The number of ether oxygens (including phenoxy) is 1. The number of allylic oxidation sites excluding steroid dienone is 1. The first-order chi connectivity index (χ1) is 8.83. The largest absolute Gasteiger partial charge is 0.444 e. The molecule has 1 amide bonds. The van der Waals surface area contributed by atoms with E-state index in [-0.39, 0.29) is 17.8 Å². The Morgan fingerprint density at radius 3 is 2.79 bits per heavy atom. The molecule has 0 N–H and O–H groups in total. The number of rotatable bonds is 4. The number of carbonyl (C=O) groups is 2. The Bertz CT molecular complexity index is 344. The van der Waals surface area contributed by atoms with Gasteiger partial charge in [0, 0.05) is 25.4 Å². The van der Waals surface area contributed by atoms with Crippen molar-refractivity contribution in [2.45, 2.75) is 52.1 Å². The Morgan fingerprint density at radius 2 is 2.21 bits per heavy atom. The number of hydrogen-bond acceptors (Lipinski definition) is 3. The molecule has 1 aliphatic heterocycles. The Hall–Kier alpha value is -1.32. The molecule has 1 saturated heterocycles. The summed E-state index contributed by atoms with van der Waals surface area (Å²) in [7, 11) is 0. The lowest BCUT2D eigenvalue weighted by Crippen LogP contribution is -2.46. The topological polar surface area (TPSA) is 46.6 Å². The molecule has 0 bridgehead atoms. The van der Waals surface area contributed by atoms with Gasteiger partial charge < -0.3 is 9.64 Å². The van der Waals surface area contributed by atoms with E-state index in [0.717, 1.165) is 19.3 Å². The van der Waals surface area contributed by atoms with Crippen molar-refractivity contribution in [3.63, 3.8) is 0 Å². The number of hydrogen-bond donors (Lipinski definition) is 0. The van der Waals surface area contributed by atoms with Crippen LogP contribution in [0, 0.1) is 5.92 Å². The molecule has 1 heterocycles. The van der Waals surface area contributed by atoms with E-state index in [1.165, 1.54) is 0 Å². The fraction of sp³-hybridized carbons (Fsp3) is 0.733. The summed E-state index contributed by atoms with van der Waals surface area (Å²) in [5.74, 6) is 0.227. The zero-order chi connectivity index (χ0) is 14.5. The zero-order valence-corrected chi connectivity index (χ0v) is 12.3. The molecular formula is C15H25NO3. The van der Waals surface area contributed by atoms with Crippen LogP contribution in [-0.2, 0) is 9.53 Å². The summed E-state index contributed by atoms with van der Waals surface area (Å²) in [5.41, 5.74) is -0.489. The fourth-order valence-electron chi connectivity index (χ4n) is 2.16. The summed E-state index contributed by atoms with van der Waals surface area (Å²) >= 11 is 0. The second-order valence-electron chi connectivity index (χ2n) is 6.06. The van der Waals surface area contributed by atoms with Gasteiger partial charge >= 0.3 is 6.09 Å². The summed E-state index contributed by atoms with van der Waals surface area (Å²) in [6.07, 6.45) is 4.67. The maximum Gasteiger partial charge on any atom is 0.410 e. The Kier molecular flexibility index (Phi) is 5.58. The molecular weight excluding hydrogens is 242 g/mol. The number of carbonyl (C=O) groups excluding carboxylic acids is 2. The zero-order valence-electron chi connectivity index (χ0n) is 12.3. The van der Waals surface area contributed by atoms with Crippen LogP contribution in [0.25, 0.3) is 0 Å². The lowest BCUT2D eigenvalue weighted by molar-refractivity contribution is -0.126. The number of amides is 1. The second-order valence-corrected chi connectivity index (χ2v) is 6.06. The van der Waals surface area contributed by atoms with Gasteiger partial charge in [-0.3, -0.25) is 4.79 Å². The number of piperidine rings is 1. The summed E-state index contributed by atoms with van der Waals surface area (Å²) in [6, 6.07) is 0. The van der Waals surface area contributed by atoms with Crippen LogP contribution in [0.5, 0.6) is 0 Å². The van der Waals surface area contributed by atoms with Gasteiger partial charge in [0.15, 0.2) is 0 Å². The molecule has 1 atom stereocenters. The minimum Gasteiger partial charge on any atom is -0.444 e. The van der Waals surface area contributed by atoms with E-state index >= 15 is 0 Å². The first-order valence-electron chi connectivity index (χ1n) is 6.95. The molecule has 1 aliphatic rings. The number of likely N-dealkylation sites (tertiary alicyclic amines) is 1. The number of Topliss-reactive ketones (excluding diaryl/α,β-unsaturated/α-hetero) is 1. The maximum absolute atomic E-state index is 12.0. The predicted molar refractivity (Wildman–Crippen MR) is 75.0 cm³/mol. The van der Waals surface area contributed by atoms with Gasteiger partial charge in [0.05, 0.1) is 0 Å². The first kappa shape index (κ1) is 15.7. The normalized spacial score (nSPS) is 20.3. The average Bonchev–Trinajstić information content (AvgIpc) is 2.29. The van der Waals surface area contributed by atoms with E-state index in [1.54, 1.807) is 4.90 Å². The van der Waals surface area contributed by atoms with Crippen molar-refractivity contribution in [3.05, 3.63) is 12.7 Å². The highest BCUT2D eigenvalue weighted by Gasteiger charge is 2.31. The van der Waals surface area contributed by atoms with Crippen LogP contribution in [0.15, 0.2) is 12.7 Å². The van der Waals surface area contributed by atoms with E-state index in [1.807, 2.05) is 26.8 Å². The quantitative estimate of drug-likeness (QED) is 0.580. The summed E-state index contributed by atoms with van der Waals surface area (Å²) < 4.78 is 5.35. The molecule has 0 radical (unpaired) electrons. The molecule has 0 aromatic rings. The minimum atomic E-state index is -0.489. The molecule has 0 aromatic carbocycles. The van der Waals surface area contributed by atoms with Crippen molar-refractivity contribution in [3.8, 4) is 0 Å². The van der Waals surface area contributed by atoms with Crippen LogP contribution in [0.1, 0.15) is 46.5 Å². The minimum absolute atomic E-state index is 0.0405. The molecule has 4 heteroatoms. The second kappa shape index (κ2) is 6.73. The Labute approximate surface area is 115 Å². The number of unbranched alkanes of at least 4 members (excludes halogenated alkanes) is 1. The molecule has 1 unspecified atom stereocenters. The molecule has 0 spiro atoms. The fourth-order valence-corrected chi connectivity index (χ4v) is 2.16. The van der Waals surface area contributed by atoms with E-state index in [9.17, 15) is 9.59 Å². The van der Waals surface area contributed by atoms with Gasteiger partial charge in [-0.25, -0.2) is 4.79 Å². The van der Waals surface area contributed by atoms with Crippen LogP contribution in [0.4, 0.5) is 4.79 Å². The lowest BCUT2D eigenvalue weighted by atomic mass is 9.91. The van der Waals surface area contributed by atoms with Crippen molar-refractivity contribution < 1.29 is 14.3 Å². The van der Waals surface area contributed by atoms with Crippen LogP contribution in [-0.4, -0.2) is 35.5 Å². The molecule has 0 aromatic heterocycles. The van der Waals surface area contributed by atoms with E-state index in [0.29, 0.717) is 19.5 Å². The maximum atomic E-state index is 12.0. The smallest absolute Gasteiger partial charge is 0.410 e. The molecule has 108 valence electrons. The van der Waals surface area contributed by atoms with Crippen molar-refractivity contribution in [2.24, 2.45) is 5.92 Å². The van der Waals surface area contributed by atoms with Crippen LogP contribution < -0.4 is 0 Å². The highest BCUT2D eigenvalue weighted by Crippen LogP contribution is 2.21. The van der Waals surface area contributed by atoms with Crippen molar-refractivity contribution >= 4 is 11.9 Å². The van der Waals surface area contributed by atoms with E-state index in [4.69, 9.17) is 4.74 Å². The van der Waals surface area contributed by atoms with Crippen molar-refractivity contribution in [2.75, 3.05) is 13.1 Å². The van der Waals surface area contributed by atoms with Gasteiger partial charge in [-0.1, -0.05) is 6.08 Å². The van der Waals surface area contributed by atoms with Crippen molar-refractivity contribution in [1.82, 2.24) is 4.90 Å². The number of nitrogens with zero attached hydrogens (tertiary/aromatic N) is 1. The van der Waals surface area contributed by atoms with Crippen molar-refractivity contribution in [1.29, 1.82) is 0 Å². The summed E-state index contributed by atoms with van der Waals surface area (Å²) in [6.45, 7) is 10.2. The van der Waals surface area contributed by atoms with Crippen LogP contribution >= 0.6 is 0 Å². The standard InChI is InChI=1S/C15H25NO3/c1-5-6-7-8-12-11-16(10-9-13(12)17)14(18)19-15(2,3)4/h5,12H,1,6-11H2,2-4H3. The molecule has 0 aliphatic carbocycles.